The fourth-order valence-corrected chi connectivity index (χ4v) is 6.01. The van der Waals surface area contributed by atoms with Crippen LogP contribution in [0.25, 0.3) is 44.6 Å². The Balaban J connectivity index is 0.000000181. The van der Waals surface area contributed by atoms with Crippen LogP contribution in [0.1, 0.15) is 19.4 Å². The molecular weight excluding hydrogens is 834 g/mol. The summed E-state index contributed by atoms with van der Waals surface area (Å²) in [5.74, 6) is 4.80. The van der Waals surface area contributed by atoms with Crippen molar-refractivity contribution < 1.29 is 27.0 Å². The largest absolute Gasteiger partial charge is 0.496 e. The Morgan fingerprint density at radius 1 is 0.678 bits per heavy atom. The molecule has 0 saturated carbocycles. The average Bonchev–Trinajstić information content (AvgIpc) is 3.83. The van der Waals surface area contributed by atoms with Gasteiger partial charge in [0.05, 0.1) is 53.3 Å². The number of anilines is 4. The topological polar surface area (TPSA) is 177 Å². The van der Waals surface area contributed by atoms with Crippen LogP contribution in [0.4, 0.5) is 40.8 Å². The monoisotopic (exact) mass is 865 g/mol. The lowest BCUT2D eigenvalue weighted by molar-refractivity contribution is 0.416. The van der Waals surface area contributed by atoms with E-state index in [-0.39, 0.29) is 23.3 Å². The van der Waals surface area contributed by atoms with Crippen molar-refractivity contribution in [2.45, 2.75) is 19.4 Å². The molecule has 4 aromatic carbocycles. The first-order chi connectivity index (χ1) is 28.3. The Labute approximate surface area is 342 Å². The molecule has 0 bridgehead atoms. The first-order valence-electron chi connectivity index (χ1n) is 17.5. The molecule has 4 aromatic heterocycles. The molecule has 4 heterocycles. The third-order valence-electron chi connectivity index (χ3n) is 8.41. The molecule has 0 aliphatic heterocycles. The predicted molar refractivity (Wildman–Crippen MR) is 219 cm³/mol. The molecule has 13 nitrogen and oxygen atoms in total. The zero-order valence-corrected chi connectivity index (χ0v) is 33.1. The molecule has 298 valence electrons. The van der Waals surface area contributed by atoms with E-state index in [0.717, 1.165) is 45.4 Å². The smallest absolute Gasteiger partial charge is 0.229 e. The number of halogens is 5. The van der Waals surface area contributed by atoms with Crippen LogP contribution in [0.5, 0.6) is 11.5 Å². The van der Waals surface area contributed by atoms with E-state index in [9.17, 15) is 17.6 Å². The minimum absolute atomic E-state index is 0.0530. The number of hydrogen-bond acceptors (Lipinski definition) is 11. The predicted octanol–water partition coefficient (Wildman–Crippen LogP) is 8.95. The van der Waals surface area contributed by atoms with E-state index in [0.29, 0.717) is 45.0 Å². The molecule has 0 aliphatic carbocycles. The van der Waals surface area contributed by atoms with Crippen molar-refractivity contribution in [3.63, 3.8) is 0 Å². The summed E-state index contributed by atoms with van der Waals surface area (Å²) in [4.78, 5) is 17.0. The van der Waals surface area contributed by atoms with Gasteiger partial charge in [0.2, 0.25) is 11.9 Å². The van der Waals surface area contributed by atoms with Gasteiger partial charge in [-0.05, 0) is 74.5 Å². The van der Waals surface area contributed by atoms with Gasteiger partial charge in [0.1, 0.15) is 34.8 Å². The lowest BCUT2D eigenvalue weighted by atomic mass is 10.0. The highest BCUT2D eigenvalue weighted by atomic mass is 79.9. The number of benzene rings is 4. The first-order valence-corrected chi connectivity index (χ1v) is 18.3. The third-order valence-corrected chi connectivity index (χ3v) is 8.90. The van der Waals surface area contributed by atoms with Crippen molar-refractivity contribution in [3.8, 4) is 45.9 Å². The number of aromatic nitrogens is 8. The van der Waals surface area contributed by atoms with Gasteiger partial charge in [0.25, 0.3) is 0 Å². The van der Waals surface area contributed by atoms with Crippen LogP contribution < -0.4 is 25.8 Å². The second-order valence-corrected chi connectivity index (χ2v) is 14.2. The van der Waals surface area contributed by atoms with E-state index < -0.39 is 28.8 Å². The number of nitrogens with one attached hydrogen (secondary N) is 4. The summed E-state index contributed by atoms with van der Waals surface area (Å²) in [6.45, 7) is 3.65. The van der Waals surface area contributed by atoms with E-state index in [2.05, 4.69) is 78.7 Å². The maximum absolute atomic E-state index is 13.9. The maximum Gasteiger partial charge on any atom is 0.229 e. The summed E-state index contributed by atoms with van der Waals surface area (Å²) >= 11 is 3.44. The van der Waals surface area contributed by atoms with Crippen molar-refractivity contribution in [2.24, 2.45) is 5.73 Å². The van der Waals surface area contributed by atoms with Gasteiger partial charge in [-0.3, -0.25) is 10.2 Å². The van der Waals surface area contributed by atoms with Gasteiger partial charge >= 0.3 is 0 Å². The molecule has 0 spiro atoms. The molecule has 0 aliphatic rings. The summed E-state index contributed by atoms with van der Waals surface area (Å²) in [7, 11) is 3.16. The van der Waals surface area contributed by atoms with E-state index in [4.69, 9.17) is 15.2 Å². The number of hydrogen-bond donors (Lipinski definition) is 5. The quantitative estimate of drug-likeness (QED) is 0.0728. The number of H-pyrrole nitrogens is 2. The molecule has 8 aromatic rings. The highest BCUT2D eigenvalue weighted by molar-refractivity contribution is 9.10. The molecule has 18 heteroatoms. The van der Waals surface area contributed by atoms with Crippen LogP contribution in [-0.2, 0) is 0 Å². The molecule has 8 rings (SSSR count). The van der Waals surface area contributed by atoms with Crippen LogP contribution in [0.15, 0.2) is 89.7 Å². The van der Waals surface area contributed by atoms with E-state index in [1.807, 2.05) is 50.2 Å². The number of rotatable bonds is 8. The number of ether oxygens (including phenoxy) is 2. The second kappa shape index (κ2) is 16.8. The molecule has 0 amide bonds. The third kappa shape index (κ3) is 9.22. The fourth-order valence-electron chi connectivity index (χ4n) is 5.65. The Morgan fingerprint density at radius 2 is 1.17 bits per heavy atom. The Hall–Kier alpha value is -7.10. The van der Waals surface area contributed by atoms with Gasteiger partial charge in [-0.1, -0.05) is 27.8 Å². The Morgan fingerprint density at radius 3 is 1.64 bits per heavy atom. The van der Waals surface area contributed by atoms with Crippen molar-refractivity contribution in [1.82, 2.24) is 40.3 Å². The van der Waals surface area contributed by atoms with E-state index in [1.54, 1.807) is 26.6 Å². The Kier molecular flexibility index (Phi) is 11.4. The summed E-state index contributed by atoms with van der Waals surface area (Å²) in [5.41, 5.74) is 9.83. The summed E-state index contributed by atoms with van der Waals surface area (Å²) < 4.78 is 65.6. The van der Waals surface area contributed by atoms with Gasteiger partial charge in [0.15, 0.2) is 11.3 Å². The van der Waals surface area contributed by atoms with Crippen molar-refractivity contribution in [2.75, 3.05) is 24.9 Å². The lowest BCUT2D eigenvalue weighted by Gasteiger charge is -2.09. The molecule has 0 fully saturated rings. The molecular formula is C41H32BrF4N11O2. The molecule has 59 heavy (non-hydrogen) atoms. The minimum Gasteiger partial charge on any atom is -0.496 e. The number of fused-ring (bicyclic) bond motifs is 2. The SMILES string of the molecule is COc1ccc(Br)cc1-c1[nH]nc2nc(Nc3ccc(F)cc3F)ncc12.COc1ccc(C#CC(C)(C)N)cc1-c1[nH]nc2nc(Nc3ccc(F)cc3F)ncc12. The average molecular weight is 867 g/mol. The highest BCUT2D eigenvalue weighted by Gasteiger charge is 2.18. The second-order valence-electron chi connectivity index (χ2n) is 13.3. The molecule has 0 atom stereocenters. The van der Waals surface area contributed by atoms with Crippen LogP contribution in [0, 0.1) is 35.1 Å². The molecule has 0 unspecified atom stereocenters. The van der Waals surface area contributed by atoms with Gasteiger partial charge in [-0.15, -0.1) is 0 Å². The molecule has 0 radical (unpaired) electrons. The lowest BCUT2D eigenvalue weighted by Crippen LogP contribution is -2.29. The first kappa shape index (κ1) is 40.1. The normalized spacial score (nSPS) is 11.1. The summed E-state index contributed by atoms with van der Waals surface area (Å²) in [5, 5.41) is 21.1. The molecule has 6 N–H and O–H groups in total. The zero-order valence-electron chi connectivity index (χ0n) is 31.5. The summed E-state index contributed by atoms with van der Waals surface area (Å²) in [6, 6.07) is 17.5. The standard InChI is InChI=1S/C23H20F2N6O.C18H12BrF2N5O/c1-23(2,26)9-8-13-4-7-19(32-3)15(10-13)20-16-12-27-22(29-21(16)31-30-20)28-18-6-5-14(24)11-17(18)25;1-27-15-5-2-9(19)6-11(15)16-12-8-22-18(24-17(12)26-25-16)23-14-4-3-10(20)7-13(14)21/h4-7,10-12H,26H2,1-3H3,(H2,27,28,29,30,31);2-8H,1H3,(H2,22,23,24,25,26). The van der Waals surface area contributed by atoms with E-state index >= 15 is 0 Å². The van der Waals surface area contributed by atoms with Crippen molar-refractivity contribution in [3.05, 3.63) is 118 Å². The molecule has 0 saturated heterocycles. The Bertz CT molecular complexity index is 2900. The van der Waals surface area contributed by atoms with Gasteiger partial charge in [-0.25, -0.2) is 27.5 Å². The van der Waals surface area contributed by atoms with E-state index in [1.165, 1.54) is 12.1 Å². The van der Waals surface area contributed by atoms with Gasteiger partial charge in [-0.2, -0.15) is 20.2 Å². The van der Waals surface area contributed by atoms with Crippen LogP contribution in [0.2, 0.25) is 0 Å². The van der Waals surface area contributed by atoms with Crippen molar-refractivity contribution in [1.29, 1.82) is 0 Å². The number of nitrogens with zero attached hydrogens (tertiary/aromatic N) is 6. The number of methoxy groups -OCH3 is 2. The van der Waals surface area contributed by atoms with Crippen LogP contribution in [-0.4, -0.2) is 60.1 Å². The number of aromatic amines is 2. The minimum atomic E-state index is -0.750. The van der Waals surface area contributed by atoms with Gasteiger partial charge < -0.3 is 25.8 Å². The zero-order chi connectivity index (χ0) is 41.8. The number of nitrogens with two attached hydrogens (primary N) is 1. The van der Waals surface area contributed by atoms with Crippen LogP contribution >= 0.6 is 15.9 Å². The summed E-state index contributed by atoms with van der Waals surface area (Å²) in [6.07, 6.45) is 3.14. The highest BCUT2D eigenvalue weighted by Crippen LogP contribution is 2.36. The maximum atomic E-state index is 13.9. The van der Waals surface area contributed by atoms with Crippen molar-refractivity contribution >= 4 is 61.3 Å². The van der Waals surface area contributed by atoms with Crippen LogP contribution in [0.3, 0.4) is 0 Å². The van der Waals surface area contributed by atoms with Gasteiger partial charge in [0, 0.05) is 45.7 Å². The fraction of sp³-hybridized carbons (Fsp3) is 0.122.